The van der Waals surface area contributed by atoms with E-state index in [1.165, 1.54) is 11.0 Å². The average molecular weight is 381 g/mol. The molecule has 2 aromatic rings. The van der Waals surface area contributed by atoms with Crippen molar-refractivity contribution in [1.82, 2.24) is 4.90 Å². The van der Waals surface area contributed by atoms with E-state index in [1.807, 2.05) is 12.1 Å². The highest BCUT2D eigenvalue weighted by Gasteiger charge is 2.34. The molecule has 0 atom stereocenters. The van der Waals surface area contributed by atoms with Gasteiger partial charge in [0, 0.05) is 19.2 Å². The van der Waals surface area contributed by atoms with Crippen LogP contribution in [0, 0.1) is 17.1 Å². The summed E-state index contributed by atoms with van der Waals surface area (Å²) in [6, 6.07) is 11.7. The first-order valence-corrected chi connectivity index (χ1v) is 8.70. The van der Waals surface area contributed by atoms with Crippen molar-refractivity contribution in [2.45, 2.75) is 12.7 Å². The topological polar surface area (TPSA) is 91.7 Å². The highest BCUT2D eigenvalue weighted by Crippen LogP contribution is 2.31. The van der Waals surface area contributed by atoms with Crippen molar-refractivity contribution in [1.29, 1.82) is 5.26 Å². The smallest absolute Gasteiger partial charge is 0.262 e. The number of amides is 2. The Labute approximate surface area is 160 Å². The molecule has 7 nitrogen and oxygen atoms in total. The zero-order valence-electron chi connectivity index (χ0n) is 14.8. The molecule has 2 heterocycles. The fourth-order valence-corrected chi connectivity index (χ4v) is 3.11. The van der Waals surface area contributed by atoms with Crippen LogP contribution in [0.3, 0.4) is 0 Å². The van der Waals surface area contributed by atoms with E-state index in [1.54, 1.807) is 12.1 Å². The van der Waals surface area contributed by atoms with Crippen LogP contribution in [0.2, 0.25) is 0 Å². The number of likely N-dealkylation sites (tertiary alicyclic amines) is 1. The van der Waals surface area contributed by atoms with Gasteiger partial charge in [-0.25, -0.2) is 4.39 Å². The first-order chi connectivity index (χ1) is 13.5. The second kappa shape index (κ2) is 7.29. The van der Waals surface area contributed by atoms with Crippen LogP contribution in [0.1, 0.15) is 21.5 Å². The molecule has 0 aromatic heterocycles. The van der Waals surface area contributed by atoms with Crippen LogP contribution >= 0.6 is 0 Å². The maximum Gasteiger partial charge on any atom is 0.262 e. The number of carbonyl (C=O) groups excluding carboxylic acids is 2. The van der Waals surface area contributed by atoms with Crippen LogP contribution in [0.4, 0.5) is 10.1 Å². The average Bonchev–Trinajstić information content (AvgIpc) is 2.66. The van der Waals surface area contributed by atoms with Crippen LogP contribution in [0.25, 0.3) is 0 Å². The van der Waals surface area contributed by atoms with Gasteiger partial charge in [0.2, 0.25) is 0 Å². The van der Waals surface area contributed by atoms with E-state index < -0.39 is 11.7 Å². The molecule has 0 bridgehead atoms. The minimum atomic E-state index is -0.702. The molecule has 4 rings (SSSR count). The normalized spacial score (nSPS) is 15.7. The predicted molar refractivity (Wildman–Crippen MR) is 96.2 cm³/mol. The van der Waals surface area contributed by atoms with Crippen molar-refractivity contribution in [3.05, 3.63) is 58.9 Å². The van der Waals surface area contributed by atoms with E-state index in [2.05, 4.69) is 11.4 Å². The molecule has 2 aliphatic heterocycles. The van der Waals surface area contributed by atoms with Crippen molar-refractivity contribution in [3.63, 3.8) is 0 Å². The van der Waals surface area contributed by atoms with Crippen LogP contribution < -0.4 is 10.1 Å². The molecule has 0 unspecified atom stereocenters. The molecule has 142 valence electrons. The minimum Gasteiger partial charge on any atom is -0.481 e. The number of halogens is 1. The summed E-state index contributed by atoms with van der Waals surface area (Å²) in [6.07, 6.45) is -0.181. The summed E-state index contributed by atoms with van der Waals surface area (Å²) in [7, 11) is 0. The van der Waals surface area contributed by atoms with Gasteiger partial charge in [-0.2, -0.15) is 5.26 Å². The summed E-state index contributed by atoms with van der Waals surface area (Å²) in [5.41, 5.74) is 1.49. The molecule has 0 spiro atoms. The molecule has 2 amide bonds. The van der Waals surface area contributed by atoms with E-state index in [0.717, 1.165) is 11.6 Å². The van der Waals surface area contributed by atoms with Gasteiger partial charge in [-0.3, -0.25) is 9.59 Å². The van der Waals surface area contributed by atoms with Crippen LogP contribution in [-0.2, 0) is 16.1 Å². The van der Waals surface area contributed by atoms with Gasteiger partial charge in [0.05, 0.1) is 35.6 Å². The lowest BCUT2D eigenvalue weighted by atomic mass is 10.1. The zero-order valence-corrected chi connectivity index (χ0v) is 14.8. The lowest BCUT2D eigenvalue weighted by molar-refractivity contribution is -0.118. The number of carbonyl (C=O) groups is 2. The van der Waals surface area contributed by atoms with Crippen molar-refractivity contribution in [3.8, 4) is 11.8 Å². The van der Waals surface area contributed by atoms with Gasteiger partial charge in [-0.1, -0.05) is 18.2 Å². The standard InChI is InChI=1S/C20H16FN3O4/c21-16-6-18-17(23-19(25)11-28-18)5-15(16)20(26)24-8-14(9-24)27-10-13-4-2-1-3-12(13)7-22/h1-6,14H,8-11H2,(H,23,25). The maximum atomic E-state index is 14.3. The predicted octanol–water partition coefficient (Wildman–Crippen LogP) is 2.07. The van der Waals surface area contributed by atoms with Crippen LogP contribution in [0.5, 0.6) is 5.75 Å². The maximum absolute atomic E-state index is 14.3. The molecule has 8 heteroatoms. The summed E-state index contributed by atoms with van der Waals surface area (Å²) in [5, 5.41) is 11.7. The molecule has 0 aliphatic carbocycles. The van der Waals surface area contributed by atoms with Crippen molar-refractivity contribution < 1.29 is 23.5 Å². The SMILES string of the molecule is N#Cc1ccccc1COC1CN(C(=O)c2cc3c(cc2F)OCC(=O)N3)C1. The monoisotopic (exact) mass is 381 g/mol. The Morgan fingerprint density at radius 2 is 2.14 bits per heavy atom. The van der Waals surface area contributed by atoms with E-state index in [4.69, 9.17) is 14.7 Å². The highest BCUT2D eigenvalue weighted by atomic mass is 19.1. The van der Waals surface area contributed by atoms with Crippen LogP contribution in [-0.4, -0.2) is 42.5 Å². The fourth-order valence-electron chi connectivity index (χ4n) is 3.11. The molecular weight excluding hydrogens is 365 g/mol. The molecule has 2 aliphatic rings. The Morgan fingerprint density at radius 1 is 1.36 bits per heavy atom. The number of hydrogen-bond acceptors (Lipinski definition) is 5. The van der Waals surface area contributed by atoms with Crippen LogP contribution in [0.15, 0.2) is 36.4 Å². The molecule has 0 saturated carbocycles. The molecule has 1 N–H and O–H groups in total. The minimum absolute atomic E-state index is 0.127. The second-order valence-corrected chi connectivity index (χ2v) is 6.58. The van der Waals surface area contributed by atoms with Gasteiger partial charge in [0.15, 0.2) is 6.61 Å². The number of hydrogen-bond donors (Lipinski definition) is 1. The summed E-state index contributed by atoms with van der Waals surface area (Å²) >= 11 is 0. The van der Waals surface area contributed by atoms with Crippen molar-refractivity contribution >= 4 is 17.5 Å². The number of rotatable bonds is 4. The van der Waals surface area contributed by atoms with Gasteiger partial charge in [-0.05, 0) is 17.7 Å². The highest BCUT2D eigenvalue weighted by molar-refractivity contribution is 6.00. The van der Waals surface area contributed by atoms with Gasteiger partial charge in [0.25, 0.3) is 11.8 Å². The lowest BCUT2D eigenvalue weighted by Crippen LogP contribution is -2.54. The first-order valence-electron chi connectivity index (χ1n) is 8.70. The van der Waals surface area contributed by atoms with Crippen molar-refractivity contribution in [2.75, 3.05) is 25.0 Å². The fraction of sp³-hybridized carbons (Fsp3) is 0.250. The number of ether oxygens (including phenoxy) is 2. The Morgan fingerprint density at radius 3 is 2.93 bits per heavy atom. The first kappa shape index (κ1) is 17.9. The molecule has 2 aromatic carbocycles. The third-order valence-corrected chi connectivity index (χ3v) is 4.68. The van der Waals surface area contributed by atoms with E-state index in [9.17, 15) is 14.0 Å². The third kappa shape index (κ3) is 3.40. The van der Waals surface area contributed by atoms with E-state index >= 15 is 0 Å². The van der Waals surface area contributed by atoms with Gasteiger partial charge in [0.1, 0.15) is 11.6 Å². The molecule has 28 heavy (non-hydrogen) atoms. The van der Waals surface area contributed by atoms with Gasteiger partial charge in [-0.15, -0.1) is 0 Å². The van der Waals surface area contributed by atoms with Gasteiger partial charge < -0.3 is 19.7 Å². The number of fused-ring (bicyclic) bond motifs is 1. The summed E-state index contributed by atoms with van der Waals surface area (Å²) in [4.78, 5) is 25.4. The second-order valence-electron chi connectivity index (χ2n) is 6.58. The van der Waals surface area contributed by atoms with E-state index in [0.29, 0.717) is 18.7 Å². The largest absolute Gasteiger partial charge is 0.481 e. The zero-order chi connectivity index (χ0) is 19.7. The van der Waals surface area contributed by atoms with E-state index in [-0.39, 0.29) is 42.2 Å². The summed E-state index contributed by atoms with van der Waals surface area (Å²) in [6.45, 7) is 0.743. The number of nitriles is 1. The number of nitrogens with one attached hydrogen (secondary N) is 1. The van der Waals surface area contributed by atoms with Crippen molar-refractivity contribution in [2.24, 2.45) is 0 Å². The molecule has 0 radical (unpaired) electrons. The lowest BCUT2D eigenvalue weighted by Gasteiger charge is -2.39. The number of benzene rings is 2. The molecule has 1 saturated heterocycles. The van der Waals surface area contributed by atoms with Gasteiger partial charge >= 0.3 is 0 Å². The molecule has 1 fully saturated rings. The molecular formula is C20H16FN3O4. The third-order valence-electron chi connectivity index (χ3n) is 4.68. The number of anilines is 1. The Bertz CT molecular complexity index is 995. The summed E-state index contributed by atoms with van der Waals surface area (Å²) in [5.74, 6) is -1.33. The Balaban J connectivity index is 1.37. The Kier molecular flexibility index (Phi) is 4.67. The Hall–Kier alpha value is -3.44. The summed E-state index contributed by atoms with van der Waals surface area (Å²) < 4.78 is 25.2. The number of nitrogens with zero attached hydrogens (tertiary/aromatic N) is 2. The quantitative estimate of drug-likeness (QED) is 0.875.